The molecule has 7 heteroatoms. The van der Waals surface area contributed by atoms with Crippen LogP contribution in [0.5, 0.6) is 0 Å². The minimum atomic E-state index is -4.47. The van der Waals surface area contributed by atoms with Crippen LogP contribution in [-0.4, -0.2) is 11.0 Å². The summed E-state index contributed by atoms with van der Waals surface area (Å²) in [5.74, 6) is -1.24. The predicted octanol–water partition coefficient (Wildman–Crippen LogP) is 4.34. The Morgan fingerprint density at radius 2 is 1.96 bits per heavy atom. The number of nitrogens with zero attached hydrogens (tertiary/aromatic N) is 1. The van der Waals surface area contributed by atoms with Crippen molar-refractivity contribution in [2.24, 2.45) is 0 Å². The highest BCUT2D eigenvalue weighted by atomic mass is 19.4. The number of aliphatic hydroxyl groups is 1. The molecule has 1 aromatic carbocycles. The summed E-state index contributed by atoms with van der Waals surface area (Å²) in [6.45, 7) is 1.79. The smallest absolute Gasteiger partial charge is 0.416 e. The van der Waals surface area contributed by atoms with E-state index in [4.69, 9.17) is 5.26 Å². The number of carbonyl (C=O) groups excluding carboxylic acids is 1. The molecule has 1 rings (SSSR count). The van der Waals surface area contributed by atoms with E-state index in [1.807, 2.05) is 0 Å². The first-order valence-electron chi connectivity index (χ1n) is 6.71. The molecular formula is C16H15F3N2O2. The van der Waals surface area contributed by atoms with Crippen LogP contribution in [-0.2, 0) is 11.0 Å². The number of hydrogen-bond acceptors (Lipinski definition) is 3. The molecular weight excluding hydrogens is 309 g/mol. The minimum Gasteiger partial charge on any atom is -0.511 e. The van der Waals surface area contributed by atoms with E-state index in [9.17, 15) is 23.1 Å². The number of aliphatic hydroxyl groups excluding tert-OH is 1. The summed E-state index contributed by atoms with van der Waals surface area (Å²) in [7, 11) is 0. The fraction of sp³-hybridized carbons (Fsp3) is 0.250. The Bertz CT molecular complexity index is 653. The summed E-state index contributed by atoms with van der Waals surface area (Å²) in [4.78, 5) is 11.9. The molecule has 4 nitrogen and oxygen atoms in total. The van der Waals surface area contributed by atoms with E-state index in [-0.39, 0.29) is 17.9 Å². The van der Waals surface area contributed by atoms with E-state index in [1.54, 1.807) is 25.1 Å². The van der Waals surface area contributed by atoms with Crippen LogP contribution in [0.25, 0.3) is 0 Å². The zero-order valence-electron chi connectivity index (χ0n) is 12.3. The average Bonchev–Trinajstić information content (AvgIpc) is 2.48. The Labute approximate surface area is 131 Å². The molecule has 0 aliphatic rings. The van der Waals surface area contributed by atoms with Gasteiger partial charge in [-0.25, -0.2) is 0 Å². The zero-order valence-corrected chi connectivity index (χ0v) is 12.3. The Morgan fingerprint density at radius 1 is 1.35 bits per heavy atom. The van der Waals surface area contributed by atoms with Gasteiger partial charge in [0.15, 0.2) is 5.57 Å². The van der Waals surface area contributed by atoms with Crippen LogP contribution in [0.15, 0.2) is 47.7 Å². The van der Waals surface area contributed by atoms with E-state index in [1.165, 1.54) is 0 Å². The van der Waals surface area contributed by atoms with Crippen molar-refractivity contribution in [1.29, 1.82) is 5.26 Å². The Kier molecular flexibility index (Phi) is 6.39. The molecule has 1 aromatic rings. The second-order valence-electron chi connectivity index (χ2n) is 4.57. The number of rotatable bonds is 5. The summed E-state index contributed by atoms with van der Waals surface area (Å²) in [5.41, 5.74) is -1.22. The second-order valence-corrected chi connectivity index (χ2v) is 4.57. The van der Waals surface area contributed by atoms with Crippen molar-refractivity contribution in [2.45, 2.75) is 25.9 Å². The Hall–Kier alpha value is -2.75. The summed E-state index contributed by atoms with van der Waals surface area (Å²) in [6.07, 6.45) is -0.360. The highest BCUT2D eigenvalue weighted by Crippen LogP contribution is 2.29. The van der Waals surface area contributed by atoms with Gasteiger partial charge < -0.3 is 10.4 Å². The van der Waals surface area contributed by atoms with Crippen molar-refractivity contribution in [1.82, 2.24) is 0 Å². The quantitative estimate of drug-likeness (QED) is 0.366. The summed E-state index contributed by atoms with van der Waals surface area (Å²) in [5, 5.41) is 21.0. The van der Waals surface area contributed by atoms with Gasteiger partial charge in [-0.2, -0.15) is 18.4 Å². The number of hydrogen-bond donors (Lipinski definition) is 2. The largest absolute Gasteiger partial charge is 0.511 e. The Balaban J connectivity index is 2.84. The maximum absolute atomic E-state index is 12.4. The number of anilines is 1. The maximum Gasteiger partial charge on any atom is 0.416 e. The summed E-state index contributed by atoms with van der Waals surface area (Å²) in [6, 6.07) is 5.38. The standard InChI is InChI=1S/C16H15F3N2O2/c1-2-3-4-5-14(22)13(10-20)15(23)21-12-8-6-11(7-9-12)16(17,18)19/h2-3,6-9,22H,4-5H2,1H3,(H,21,23)/b3-2+,14-13-. The van der Waals surface area contributed by atoms with E-state index < -0.39 is 23.2 Å². The number of amides is 1. The van der Waals surface area contributed by atoms with Crippen LogP contribution in [0.4, 0.5) is 18.9 Å². The van der Waals surface area contributed by atoms with Gasteiger partial charge in [0, 0.05) is 12.1 Å². The van der Waals surface area contributed by atoms with Gasteiger partial charge in [-0.3, -0.25) is 4.79 Å². The normalized spacial score (nSPS) is 12.7. The molecule has 0 fully saturated rings. The number of nitriles is 1. The van der Waals surface area contributed by atoms with Crippen LogP contribution in [0, 0.1) is 11.3 Å². The van der Waals surface area contributed by atoms with E-state index >= 15 is 0 Å². The van der Waals surface area contributed by atoms with E-state index in [0.717, 1.165) is 24.3 Å². The molecule has 0 heterocycles. The molecule has 0 spiro atoms. The zero-order chi connectivity index (χ0) is 17.5. The fourth-order valence-corrected chi connectivity index (χ4v) is 1.69. The number of nitrogens with one attached hydrogen (secondary N) is 1. The van der Waals surface area contributed by atoms with Crippen LogP contribution in [0.1, 0.15) is 25.3 Å². The third-order valence-electron chi connectivity index (χ3n) is 2.88. The van der Waals surface area contributed by atoms with Crippen LogP contribution in [0.2, 0.25) is 0 Å². The number of allylic oxidation sites excluding steroid dienone is 3. The molecule has 1 amide bonds. The van der Waals surface area contributed by atoms with Gasteiger partial charge in [0.25, 0.3) is 5.91 Å². The van der Waals surface area contributed by atoms with E-state index in [2.05, 4.69) is 5.32 Å². The molecule has 0 unspecified atom stereocenters. The molecule has 0 saturated heterocycles. The average molecular weight is 324 g/mol. The SMILES string of the molecule is C/C=C/CC/C(O)=C(\C#N)C(=O)Nc1ccc(C(F)(F)F)cc1. The molecule has 2 N–H and O–H groups in total. The lowest BCUT2D eigenvalue weighted by Gasteiger charge is -2.09. The molecule has 0 atom stereocenters. The van der Waals surface area contributed by atoms with Gasteiger partial charge in [-0.1, -0.05) is 12.2 Å². The second kappa shape index (κ2) is 8.03. The first-order chi connectivity index (χ1) is 10.8. The molecule has 0 saturated carbocycles. The monoisotopic (exact) mass is 324 g/mol. The molecule has 0 aliphatic carbocycles. The van der Waals surface area contributed by atoms with Crippen molar-refractivity contribution in [2.75, 3.05) is 5.32 Å². The highest BCUT2D eigenvalue weighted by molar-refractivity contribution is 6.06. The molecule has 0 bridgehead atoms. The predicted molar refractivity (Wildman–Crippen MR) is 79.4 cm³/mol. The number of alkyl halides is 3. The molecule has 23 heavy (non-hydrogen) atoms. The van der Waals surface area contributed by atoms with Crippen LogP contribution >= 0.6 is 0 Å². The van der Waals surface area contributed by atoms with Gasteiger partial charge in [-0.05, 0) is 37.6 Å². The number of carbonyl (C=O) groups is 1. The van der Waals surface area contributed by atoms with Crippen molar-refractivity contribution in [3.05, 3.63) is 53.3 Å². The fourth-order valence-electron chi connectivity index (χ4n) is 1.69. The van der Waals surface area contributed by atoms with Gasteiger partial charge >= 0.3 is 6.18 Å². The van der Waals surface area contributed by atoms with E-state index in [0.29, 0.717) is 6.42 Å². The first kappa shape index (κ1) is 18.3. The van der Waals surface area contributed by atoms with Gasteiger partial charge in [-0.15, -0.1) is 0 Å². The number of benzene rings is 1. The third-order valence-corrected chi connectivity index (χ3v) is 2.88. The van der Waals surface area contributed by atoms with Crippen LogP contribution in [0.3, 0.4) is 0 Å². The van der Waals surface area contributed by atoms with Gasteiger partial charge in [0.05, 0.1) is 5.56 Å². The lowest BCUT2D eigenvalue weighted by Crippen LogP contribution is -2.15. The summed E-state index contributed by atoms with van der Waals surface area (Å²) >= 11 is 0. The Morgan fingerprint density at radius 3 is 2.43 bits per heavy atom. The lowest BCUT2D eigenvalue weighted by molar-refractivity contribution is -0.137. The van der Waals surface area contributed by atoms with Crippen molar-refractivity contribution < 1.29 is 23.1 Å². The topological polar surface area (TPSA) is 73.1 Å². The van der Waals surface area contributed by atoms with Gasteiger partial charge in [0.2, 0.25) is 0 Å². The third kappa shape index (κ3) is 5.51. The first-order valence-corrected chi connectivity index (χ1v) is 6.71. The summed E-state index contributed by atoms with van der Waals surface area (Å²) < 4.78 is 37.3. The molecule has 0 aromatic heterocycles. The number of halogens is 3. The minimum absolute atomic E-state index is 0.0944. The highest BCUT2D eigenvalue weighted by Gasteiger charge is 2.30. The van der Waals surface area contributed by atoms with Crippen LogP contribution < -0.4 is 5.32 Å². The van der Waals surface area contributed by atoms with Crippen molar-refractivity contribution in [3.63, 3.8) is 0 Å². The molecule has 122 valence electrons. The van der Waals surface area contributed by atoms with Crippen molar-refractivity contribution >= 4 is 11.6 Å². The van der Waals surface area contributed by atoms with Crippen molar-refractivity contribution in [3.8, 4) is 6.07 Å². The maximum atomic E-state index is 12.4. The van der Waals surface area contributed by atoms with Gasteiger partial charge in [0.1, 0.15) is 11.8 Å². The lowest BCUT2D eigenvalue weighted by atomic mass is 10.1. The molecule has 0 aliphatic heterocycles. The molecule has 0 radical (unpaired) electrons.